The van der Waals surface area contributed by atoms with E-state index in [1.165, 1.54) is 7.11 Å². The second-order valence-corrected chi connectivity index (χ2v) is 10.00. The van der Waals surface area contributed by atoms with Crippen LogP contribution in [0.1, 0.15) is 49.1 Å². The van der Waals surface area contributed by atoms with Crippen molar-refractivity contribution >= 4 is 23.9 Å². The zero-order valence-corrected chi connectivity index (χ0v) is 23.2. The van der Waals surface area contributed by atoms with Gasteiger partial charge in [-0.15, -0.1) is 0 Å². The molecule has 0 aromatic heterocycles. The van der Waals surface area contributed by atoms with Gasteiger partial charge in [-0.05, 0) is 56.9 Å². The van der Waals surface area contributed by atoms with Gasteiger partial charge in [0.25, 0.3) is 0 Å². The third-order valence-corrected chi connectivity index (χ3v) is 5.93. The molecule has 2 aromatic rings. The number of aryl methyl sites for hydroxylation is 1. The number of amides is 3. The van der Waals surface area contributed by atoms with Crippen molar-refractivity contribution in [3.8, 4) is 6.07 Å². The third-order valence-electron chi connectivity index (χ3n) is 5.93. The number of hydrogen-bond acceptors (Lipinski definition) is 7. The highest BCUT2D eigenvalue weighted by atomic mass is 16.6. The Morgan fingerprint density at radius 3 is 2.28 bits per heavy atom. The Morgan fingerprint density at radius 1 is 1.03 bits per heavy atom. The highest BCUT2D eigenvalue weighted by Gasteiger charge is 2.37. The molecule has 0 saturated carbocycles. The topological polar surface area (TPSA) is 138 Å². The van der Waals surface area contributed by atoms with Crippen molar-refractivity contribution in [1.82, 2.24) is 15.5 Å². The maximum absolute atomic E-state index is 14.1. The molecular weight excluding hydrogens is 500 g/mol. The summed E-state index contributed by atoms with van der Waals surface area (Å²) in [5, 5.41) is 14.8. The van der Waals surface area contributed by atoms with Crippen LogP contribution in [-0.4, -0.2) is 60.6 Å². The van der Waals surface area contributed by atoms with Crippen LogP contribution in [0.15, 0.2) is 48.5 Å². The number of rotatable bonds is 10. The summed E-state index contributed by atoms with van der Waals surface area (Å²) in [6.45, 7) is 7.89. The second kappa shape index (κ2) is 14.0. The summed E-state index contributed by atoms with van der Waals surface area (Å²) < 4.78 is 10.0. The molecule has 0 saturated heterocycles. The fraction of sp³-hybridized carbons (Fsp3) is 0.414. The molecule has 10 nitrogen and oxygen atoms in total. The molecule has 2 unspecified atom stereocenters. The van der Waals surface area contributed by atoms with E-state index in [9.17, 15) is 24.4 Å². The SMILES string of the molecule is COC(=O)CNC(=O)C(c1cccc(C)c1C)N(CC#N)C(=O)C(Cc1ccccc1)NC(=O)OC(C)(C)C. The minimum absolute atomic E-state index is 0.0874. The van der Waals surface area contributed by atoms with Gasteiger partial charge in [0.2, 0.25) is 11.8 Å². The molecule has 0 aliphatic heterocycles. The minimum Gasteiger partial charge on any atom is -0.468 e. The van der Waals surface area contributed by atoms with E-state index in [1.807, 2.05) is 25.1 Å². The van der Waals surface area contributed by atoms with Crippen LogP contribution in [0.3, 0.4) is 0 Å². The Hall–Kier alpha value is -4.39. The molecule has 2 rings (SSSR count). The first-order valence-corrected chi connectivity index (χ1v) is 12.5. The third kappa shape index (κ3) is 9.14. The Morgan fingerprint density at radius 2 is 1.69 bits per heavy atom. The van der Waals surface area contributed by atoms with Crippen molar-refractivity contribution in [2.75, 3.05) is 20.2 Å². The van der Waals surface area contributed by atoms with E-state index >= 15 is 0 Å². The van der Waals surface area contributed by atoms with Crippen molar-refractivity contribution in [3.63, 3.8) is 0 Å². The summed E-state index contributed by atoms with van der Waals surface area (Å²) >= 11 is 0. The fourth-order valence-corrected chi connectivity index (χ4v) is 3.92. The smallest absolute Gasteiger partial charge is 0.408 e. The van der Waals surface area contributed by atoms with Gasteiger partial charge in [-0.25, -0.2) is 4.79 Å². The Balaban J connectivity index is 2.56. The summed E-state index contributed by atoms with van der Waals surface area (Å²) in [7, 11) is 1.19. The number of hydrogen-bond donors (Lipinski definition) is 2. The van der Waals surface area contributed by atoms with E-state index in [2.05, 4.69) is 15.4 Å². The van der Waals surface area contributed by atoms with Crippen LogP contribution in [0.25, 0.3) is 0 Å². The average Bonchev–Trinajstić information content (AvgIpc) is 2.88. The predicted octanol–water partition coefficient (Wildman–Crippen LogP) is 3.12. The van der Waals surface area contributed by atoms with Crippen LogP contribution in [-0.2, 0) is 30.3 Å². The second-order valence-electron chi connectivity index (χ2n) is 10.00. The molecule has 0 heterocycles. The number of nitriles is 1. The van der Waals surface area contributed by atoms with Gasteiger partial charge in [-0.1, -0.05) is 48.5 Å². The largest absolute Gasteiger partial charge is 0.468 e. The number of nitrogens with zero attached hydrogens (tertiary/aromatic N) is 2. The van der Waals surface area contributed by atoms with Gasteiger partial charge < -0.3 is 25.0 Å². The lowest BCUT2D eigenvalue weighted by Crippen LogP contribution is -2.54. The van der Waals surface area contributed by atoms with Gasteiger partial charge in [0.05, 0.1) is 13.2 Å². The van der Waals surface area contributed by atoms with Gasteiger partial charge in [0.1, 0.15) is 30.8 Å². The van der Waals surface area contributed by atoms with Crippen LogP contribution in [0.2, 0.25) is 0 Å². The lowest BCUT2D eigenvalue weighted by atomic mass is 9.94. The number of methoxy groups -OCH3 is 1. The van der Waals surface area contributed by atoms with Crippen molar-refractivity contribution in [3.05, 3.63) is 70.8 Å². The van der Waals surface area contributed by atoms with Crippen LogP contribution in [0, 0.1) is 25.2 Å². The molecule has 3 amide bonds. The molecule has 0 bridgehead atoms. The molecule has 2 N–H and O–H groups in total. The number of carbonyl (C=O) groups excluding carboxylic acids is 4. The summed E-state index contributed by atoms with van der Waals surface area (Å²) in [6, 6.07) is 13.9. The van der Waals surface area contributed by atoms with Gasteiger partial charge in [0.15, 0.2) is 0 Å². The number of ether oxygens (including phenoxy) is 2. The summed E-state index contributed by atoms with van der Waals surface area (Å²) in [5.41, 5.74) is 2.03. The zero-order chi connectivity index (χ0) is 29.2. The van der Waals surface area contributed by atoms with Gasteiger partial charge in [-0.3, -0.25) is 14.4 Å². The molecule has 0 radical (unpaired) electrons. The van der Waals surface area contributed by atoms with Crippen molar-refractivity contribution < 1.29 is 28.7 Å². The highest BCUT2D eigenvalue weighted by molar-refractivity contribution is 5.93. The summed E-state index contributed by atoms with van der Waals surface area (Å²) in [5.74, 6) is -2.01. The highest BCUT2D eigenvalue weighted by Crippen LogP contribution is 2.27. The van der Waals surface area contributed by atoms with Crippen molar-refractivity contribution in [1.29, 1.82) is 5.26 Å². The molecule has 0 spiro atoms. The monoisotopic (exact) mass is 536 g/mol. The first kappa shape index (κ1) is 30.8. The molecule has 208 valence electrons. The van der Waals surface area contributed by atoms with E-state index in [4.69, 9.17) is 4.74 Å². The standard InChI is InChI=1S/C29H36N4O6/c1-19-11-10-14-22(20(19)2)25(26(35)31-18-24(34)38-6)33(16-15-30)27(36)23(17-21-12-8-7-9-13-21)32-28(37)39-29(3,4)5/h7-14,23,25H,16-18H2,1-6H3,(H,31,35)(H,32,37). The van der Waals surface area contributed by atoms with E-state index < -0.39 is 54.7 Å². The van der Waals surface area contributed by atoms with E-state index in [0.29, 0.717) is 5.56 Å². The first-order valence-electron chi connectivity index (χ1n) is 12.5. The van der Waals surface area contributed by atoms with E-state index in [0.717, 1.165) is 21.6 Å². The number of nitrogens with one attached hydrogen (secondary N) is 2. The van der Waals surface area contributed by atoms with Gasteiger partial charge in [-0.2, -0.15) is 5.26 Å². The van der Waals surface area contributed by atoms with Crippen LogP contribution in [0.5, 0.6) is 0 Å². The lowest BCUT2D eigenvalue weighted by molar-refractivity contribution is -0.144. The first-order chi connectivity index (χ1) is 18.4. The molecule has 2 aromatic carbocycles. The predicted molar refractivity (Wildman–Crippen MR) is 144 cm³/mol. The zero-order valence-electron chi connectivity index (χ0n) is 23.2. The number of esters is 1. The van der Waals surface area contributed by atoms with E-state index in [-0.39, 0.29) is 6.42 Å². The normalized spacial score (nSPS) is 12.3. The van der Waals surface area contributed by atoms with Gasteiger partial charge >= 0.3 is 12.1 Å². The molecule has 10 heteroatoms. The number of benzene rings is 2. The van der Waals surface area contributed by atoms with Crippen molar-refractivity contribution in [2.45, 2.75) is 58.7 Å². The summed E-state index contributed by atoms with van der Waals surface area (Å²) in [4.78, 5) is 53.2. The van der Waals surface area contributed by atoms with Crippen LogP contribution in [0.4, 0.5) is 4.79 Å². The van der Waals surface area contributed by atoms with Crippen molar-refractivity contribution in [2.24, 2.45) is 0 Å². The Bertz CT molecular complexity index is 1220. The summed E-state index contributed by atoms with van der Waals surface area (Å²) in [6.07, 6.45) is -0.725. The molecule has 39 heavy (non-hydrogen) atoms. The Labute approximate surface area is 229 Å². The van der Waals surface area contributed by atoms with E-state index in [1.54, 1.807) is 64.1 Å². The molecule has 0 aliphatic rings. The van der Waals surface area contributed by atoms with Gasteiger partial charge in [0, 0.05) is 6.42 Å². The number of carbonyl (C=O) groups is 4. The number of alkyl carbamates (subject to hydrolysis) is 1. The molecule has 0 aliphatic carbocycles. The molecule has 0 fully saturated rings. The van der Waals surface area contributed by atoms with Crippen LogP contribution >= 0.6 is 0 Å². The quantitative estimate of drug-likeness (QED) is 0.351. The van der Waals surface area contributed by atoms with Crippen LogP contribution < -0.4 is 10.6 Å². The maximum Gasteiger partial charge on any atom is 0.408 e. The minimum atomic E-state index is -1.26. The average molecular weight is 537 g/mol. The molecular formula is C29H36N4O6. The molecule has 2 atom stereocenters. The Kier molecular flexibility index (Phi) is 11.0. The maximum atomic E-state index is 14.1. The fourth-order valence-electron chi connectivity index (χ4n) is 3.92. The lowest BCUT2D eigenvalue weighted by Gasteiger charge is -2.33.